The number of hydrogen-bond acceptors (Lipinski definition) is 4. The van der Waals surface area contributed by atoms with Gasteiger partial charge in [0.2, 0.25) is 0 Å². The fraction of sp³-hybridized carbons (Fsp3) is 0.250. The molecule has 26 heavy (non-hydrogen) atoms. The topological polar surface area (TPSA) is 70.3 Å². The van der Waals surface area contributed by atoms with Gasteiger partial charge in [-0.1, -0.05) is 30.3 Å². The highest BCUT2D eigenvalue weighted by Crippen LogP contribution is 2.12. The van der Waals surface area contributed by atoms with Gasteiger partial charge in [0.1, 0.15) is 12.1 Å². The monoisotopic (exact) mass is 352 g/mol. The maximum absolute atomic E-state index is 13.0. The van der Waals surface area contributed by atoms with E-state index in [2.05, 4.69) is 0 Å². The molecule has 1 aromatic heterocycles. The van der Waals surface area contributed by atoms with E-state index >= 15 is 0 Å². The molecular formula is C20H20N2O4. The molecule has 0 N–H and O–H groups in total. The normalized spacial score (nSPS) is 11.5. The lowest BCUT2D eigenvalue weighted by Gasteiger charge is -2.20. The van der Waals surface area contributed by atoms with Crippen LogP contribution >= 0.6 is 0 Å². The van der Waals surface area contributed by atoms with Crippen LogP contribution in [0.4, 0.5) is 0 Å². The minimum absolute atomic E-state index is 0.274. The molecule has 0 saturated carbocycles. The second-order valence-corrected chi connectivity index (χ2v) is 6.95. The molecule has 0 amide bonds. The van der Waals surface area contributed by atoms with Gasteiger partial charge < -0.3 is 4.74 Å². The van der Waals surface area contributed by atoms with E-state index in [1.165, 1.54) is 4.57 Å². The lowest BCUT2D eigenvalue weighted by atomic mass is 10.2. The van der Waals surface area contributed by atoms with Crippen LogP contribution in [0, 0.1) is 0 Å². The number of para-hydroxylation sites is 2. The number of fused-ring (bicyclic) bond motifs is 1. The van der Waals surface area contributed by atoms with Gasteiger partial charge in [-0.05, 0) is 45.0 Å². The van der Waals surface area contributed by atoms with Crippen molar-refractivity contribution in [3.05, 3.63) is 75.4 Å². The number of carbonyl (C=O) groups excluding carboxylic acids is 1. The second kappa shape index (κ2) is 6.63. The number of rotatable bonds is 3. The number of carbonyl (C=O) groups is 1. The van der Waals surface area contributed by atoms with E-state index in [1.807, 2.05) is 0 Å². The van der Waals surface area contributed by atoms with Crippen LogP contribution in [0.25, 0.3) is 16.6 Å². The number of ether oxygens (including phenoxy) is 1. The van der Waals surface area contributed by atoms with Crippen molar-refractivity contribution in [3.8, 4) is 5.69 Å². The SMILES string of the molecule is CC(C)(C)OC(=O)Cn1c(=O)n(-c2ccccc2)c(=O)c2ccccc21. The molecule has 0 fully saturated rings. The van der Waals surface area contributed by atoms with Crippen LogP contribution in [0.2, 0.25) is 0 Å². The highest BCUT2D eigenvalue weighted by Gasteiger charge is 2.20. The third-order valence-electron chi connectivity index (χ3n) is 3.77. The average Bonchev–Trinajstić information content (AvgIpc) is 2.58. The maximum atomic E-state index is 13.0. The van der Waals surface area contributed by atoms with Crippen molar-refractivity contribution in [2.24, 2.45) is 0 Å². The highest BCUT2D eigenvalue weighted by molar-refractivity contribution is 5.80. The van der Waals surface area contributed by atoms with Gasteiger partial charge in [0, 0.05) is 0 Å². The zero-order chi connectivity index (χ0) is 18.9. The molecule has 3 rings (SSSR count). The molecule has 0 saturated heterocycles. The number of esters is 1. The smallest absolute Gasteiger partial charge is 0.336 e. The van der Waals surface area contributed by atoms with Gasteiger partial charge in [-0.3, -0.25) is 14.2 Å². The van der Waals surface area contributed by atoms with Gasteiger partial charge in [0.15, 0.2) is 0 Å². The Morgan fingerprint density at radius 3 is 2.23 bits per heavy atom. The van der Waals surface area contributed by atoms with Gasteiger partial charge in [-0.2, -0.15) is 0 Å². The first-order valence-corrected chi connectivity index (χ1v) is 8.30. The molecule has 0 aliphatic rings. The third kappa shape index (κ3) is 3.44. The van der Waals surface area contributed by atoms with Crippen LogP contribution in [-0.4, -0.2) is 20.7 Å². The zero-order valence-electron chi connectivity index (χ0n) is 14.9. The molecule has 0 atom stereocenters. The molecule has 1 heterocycles. The quantitative estimate of drug-likeness (QED) is 0.679. The standard InChI is InChI=1S/C20H20N2O4/c1-20(2,3)26-17(23)13-21-16-12-8-7-11-15(16)18(24)22(19(21)25)14-9-5-4-6-10-14/h4-12H,13H2,1-3H3. The largest absolute Gasteiger partial charge is 0.459 e. The summed E-state index contributed by atoms with van der Waals surface area (Å²) in [7, 11) is 0. The van der Waals surface area contributed by atoms with Gasteiger partial charge in [0.05, 0.1) is 16.6 Å². The van der Waals surface area contributed by atoms with Gasteiger partial charge in [-0.15, -0.1) is 0 Å². The molecule has 6 nitrogen and oxygen atoms in total. The summed E-state index contributed by atoms with van der Waals surface area (Å²) >= 11 is 0. The molecule has 0 radical (unpaired) electrons. The van der Waals surface area contributed by atoms with E-state index in [-0.39, 0.29) is 6.54 Å². The number of hydrogen-bond donors (Lipinski definition) is 0. The lowest BCUT2D eigenvalue weighted by molar-refractivity contribution is -0.155. The fourth-order valence-electron chi connectivity index (χ4n) is 2.78. The number of nitrogens with zero attached hydrogens (tertiary/aromatic N) is 2. The maximum Gasteiger partial charge on any atom is 0.336 e. The Morgan fingerprint density at radius 1 is 0.962 bits per heavy atom. The van der Waals surface area contributed by atoms with Crippen molar-refractivity contribution in [1.82, 2.24) is 9.13 Å². The molecular weight excluding hydrogens is 332 g/mol. The molecule has 0 spiro atoms. The van der Waals surface area contributed by atoms with Gasteiger partial charge in [-0.25, -0.2) is 9.36 Å². The Hall–Kier alpha value is -3.15. The summed E-state index contributed by atoms with van der Waals surface area (Å²) in [6.07, 6.45) is 0. The fourth-order valence-corrected chi connectivity index (χ4v) is 2.78. The summed E-state index contributed by atoms with van der Waals surface area (Å²) in [6.45, 7) is 5.01. The predicted molar refractivity (Wildman–Crippen MR) is 99.7 cm³/mol. The van der Waals surface area contributed by atoms with Crippen molar-refractivity contribution in [2.45, 2.75) is 32.9 Å². The van der Waals surface area contributed by atoms with Gasteiger partial charge in [0.25, 0.3) is 5.56 Å². The van der Waals surface area contributed by atoms with Crippen molar-refractivity contribution in [2.75, 3.05) is 0 Å². The van der Waals surface area contributed by atoms with Crippen LogP contribution in [-0.2, 0) is 16.1 Å². The first-order valence-electron chi connectivity index (χ1n) is 8.30. The minimum Gasteiger partial charge on any atom is -0.459 e. The van der Waals surface area contributed by atoms with Crippen LogP contribution in [0.1, 0.15) is 20.8 Å². The third-order valence-corrected chi connectivity index (χ3v) is 3.77. The molecule has 0 aliphatic heterocycles. The van der Waals surface area contributed by atoms with Crippen LogP contribution < -0.4 is 11.2 Å². The van der Waals surface area contributed by atoms with E-state index in [0.717, 1.165) is 4.57 Å². The summed E-state index contributed by atoms with van der Waals surface area (Å²) < 4.78 is 7.69. The van der Waals surface area contributed by atoms with E-state index in [4.69, 9.17) is 4.74 Å². The van der Waals surface area contributed by atoms with Crippen LogP contribution in [0.15, 0.2) is 64.2 Å². The van der Waals surface area contributed by atoms with Crippen molar-refractivity contribution in [3.63, 3.8) is 0 Å². The Labute approximate surface area is 150 Å². The van der Waals surface area contributed by atoms with Crippen molar-refractivity contribution < 1.29 is 9.53 Å². The highest BCUT2D eigenvalue weighted by atomic mass is 16.6. The molecule has 0 aliphatic carbocycles. The van der Waals surface area contributed by atoms with E-state index in [0.29, 0.717) is 16.6 Å². The number of aromatic nitrogens is 2. The van der Waals surface area contributed by atoms with Gasteiger partial charge >= 0.3 is 11.7 Å². The summed E-state index contributed by atoms with van der Waals surface area (Å²) in [5.74, 6) is -0.539. The lowest BCUT2D eigenvalue weighted by Crippen LogP contribution is -2.41. The predicted octanol–water partition coefficient (Wildman–Crippen LogP) is 2.49. The Balaban J connectivity index is 2.24. The molecule has 3 aromatic rings. The first kappa shape index (κ1) is 17.7. The zero-order valence-corrected chi connectivity index (χ0v) is 14.9. The number of benzene rings is 2. The van der Waals surface area contributed by atoms with Crippen LogP contribution in [0.3, 0.4) is 0 Å². The summed E-state index contributed by atoms with van der Waals surface area (Å²) in [6, 6.07) is 15.4. The Bertz CT molecular complexity index is 1070. The minimum atomic E-state index is -0.662. The van der Waals surface area contributed by atoms with Crippen molar-refractivity contribution >= 4 is 16.9 Å². The summed E-state index contributed by atoms with van der Waals surface area (Å²) in [5.41, 5.74) is -0.806. The van der Waals surface area contributed by atoms with E-state index in [9.17, 15) is 14.4 Å². The van der Waals surface area contributed by atoms with Crippen LogP contribution in [0.5, 0.6) is 0 Å². The molecule has 134 valence electrons. The van der Waals surface area contributed by atoms with Crippen molar-refractivity contribution in [1.29, 1.82) is 0 Å². The molecule has 0 bridgehead atoms. The molecule has 6 heteroatoms. The molecule has 0 unspecified atom stereocenters. The van der Waals surface area contributed by atoms with E-state index < -0.39 is 22.8 Å². The van der Waals surface area contributed by atoms with E-state index in [1.54, 1.807) is 75.4 Å². The first-order chi connectivity index (χ1) is 12.3. The summed E-state index contributed by atoms with van der Waals surface area (Å²) in [4.78, 5) is 38.2. The summed E-state index contributed by atoms with van der Waals surface area (Å²) in [5, 5.41) is 0.361. The molecule has 2 aromatic carbocycles. The average molecular weight is 352 g/mol. The Kier molecular flexibility index (Phi) is 4.50. The Morgan fingerprint density at radius 2 is 1.58 bits per heavy atom. The second-order valence-electron chi connectivity index (χ2n) is 6.95.